The summed E-state index contributed by atoms with van der Waals surface area (Å²) in [6.07, 6.45) is 32.3. The zero-order chi connectivity index (χ0) is 30.4. The third kappa shape index (κ3) is 28.1. The summed E-state index contributed by atoms with van der Waals surface area (Å²) in [6, 6.07) is 0. The third-order valence-corrected chi connectivity index (χ3v) is 8.73. The van der Waals surface area contributed by atoms with Gasteiger partial charge in [0, 0.05) is 12.8 Å². The van der Waals surface area contributed by atoms with Crippen molar-refractivity contribution in [3.8, 4) is 0 Å². The molecule has 0 aliphatic rings. The maximum atomic E-state index is 12.5. The molecule has 5 heteroatoms. The highest BCUT2D eigenvalue weighted by atomic mass is 16.3. The van der Waals surface area contributed by atoms with Crippen molar-refractivity contribution < 1.29 is 20.1 Å². The lowest BCUT2D eigenvalue weighted by Gasteiger charge is -2.25. The summed E-state index contributed by atoms with van der Waals surface area (Å²) >= 11 is 0. The molecule has 3 unspecified atom stereocenters. The molecule has 3 atom stereocenters. The molecule has 0 heterocycles. The van der Waals surface area contributed by atoms with Crippen molar-refractivity contribution in [2.75, 3.05) is 0 Å². The number of Topliss-reactive ketones (excluding diaryl/α,β-unsaturated/α-hetero) is 1. The highest BCUT2D eigenvalue weighted by Gasteiger charge is 2.34. The van der Waals surface area contributed by atoms with Crippen LogP contribution in [0.25, 0.3) is 0 Å². The van der Waals surface area contributed by atoms with Crippen molar-refractivity contribution in [3.63, 3.8) is 0 Å². The molecule has 0 saturated carbocycles. The molecule has 0 rings (SSSR count). The fraction of sp³-hybridized carbons (Fsp3) is 0.972. The molecule has 0 amide bonds. The summed E-state index contributed by atoms with van der Waals surface area (Å²) < 4.78 is 0. The number of ketones is 1. The van der Waals surface area contributed by atoms with E-state index in [1.165, 1.54) is 141 Å². The van der Waals surface area contributed by atoms with Crippen molar-refractivity contribution >= 4 is 5.78 Å². The van der Waals surface area contributed by atoms with Crippen LogP contribution in [0.5, 0.6) is 0 Å². The largest absolute Gasteiger partial charge is 0.393 e. The Morgan fingerprint density at radius 2 is 0.780 bits per heavy atom. The van der Waals surface area contributed by atoms with E-state index in [1.54, 1.807) is 0 Å². The molecule has 0 aromatic heterocycles. The Balaban J connectivity index is 3.68. The van der Waals surface area contributed by atoms with Crippen LogP contribution in [0, 0.1) is 0 Å². The average Bonchev–Trinajstić information content (AvgIpc) is 2.93. The van der Waals surface area contributed by atoms with E-state index >= 15 is 0 Å². The minimum absolute atomic E-state index is 0.142. The number of nitrogens with two attached hydrogens (primary N) is 1. The fourth-order valence-electron chi connectivity index (χ4n) is 5.86. The third-order valence-electron chi connectivity index (χ3n) is 8.73. The topological polar surface area (TPSA) is 104 Å². The minimum atomic E-state index is -2.06. The lowest BCUT2D eigenvalue weighted by molar-refractivity contribution is -0.142. The molecule has 5 N–H and O–H groups in total. The summed E-state index contributed by atoms with van der Waals surface area (Å²) in [5, 5.41) is 31.1. The average molecular weight is 584 g/mol. The van der Waals surface area contributed by atoms with Crippen molar-refractivity contribution in [2.45, 2.75) is 224 Å². The van der Waals surface area contributed by atoms with Crippen LogP contribution >= 0.6 is 0 Å². The predicted molar refractivity (Wildman–Crippen MR) is 176 cm³/mol. The maximum absolute atomic E-state index is 12.5. The summed E-state index contributed by atoms with van der Waals surface area (Å²) in [5.41, 5.74) is 3.80. The van der Waals surface area contributed by atoms with Gasteiger partial charge in [-0.25, -0.2) is 0 Å². The highest BCUT2D eigenvalue weighted by molar-refractivity contribution is 5.86. The molecule has 41 heavy (non-hydrogen) atoms. The van der Waals surface area contributed by atoms with Crippen LogP contribution in [0.15, 0.2) is 0 Å². The van der Waals surface area contributed by atoms with E-state index in [4.69, 9.17) is 5.73 Å². The molecule has 0 aliphatic heterocycles. The van der Waals surface area contributed by atoms with Crippen molar-refractivity contribution in [1.82, 2.24) is 0 Å². The number of hydrogen-bond donors (Lipinski definition) is 4. The van der Waals surface area contributed by atoms with Crippen LogP contribution in [0.1, 0.15) is 206 Å². The number of unbranched alkanes of at least 4 members (excludes halogenated alkanes) is 24. The van der Waals surface area contributed by atoms with Crippen LogP contribution in [0.4, 0.5) is 0 Å². The second-order valence-corrected chi connectivity index (χ2v) is 13.1. The number of carbonyl (C=O) groups is 1. The van der Waals surface area contributed by atoms with E-state index in [0.717, 1.165) is 25.7 Å². The second-order valence-electron chi connectivity index (χ2n) is 13.1. The van der Waals surface area contributed by atoms with Crippen molar-refractivity contribution in [3.05, 3.63) is 0 Å². The Hall–Kier alpha value is -0.490. The van der Waals surface area contributed by atoms with E-state index in [1.807, 2.05) is 0 Å². The van der Waals surface area contributed by atoms with E-state index in [2.05, 4.69) is 13.8 Å². The molecule has 0 saturated heterocycles. The number of hydrogen-bond acceptors (Lipinski definition) is 5. The second kappa shape index (κ2) is 29.6. The van der Waals surface area contributed by atoms with Gasteiger partial charge in [-0.3, -0.25) is 10.5 Å². The maximum Gasteiger partial charge on any atom is 0.181 e. The summed E-state index contributed by atoms with van der Waals surface area (Å²) in [7, 11) is 0. The number of carbonyl (C=O) groups excluding carboxylic acids is 1. The molecular formula is C36H73NO4. The fourth-order valence-corrected chi connectivity index (χ4v) is 5.86. The monoisotopic (exact) mass is 584 g/mol. The summed E-state index contributed by atoms with van der Waals surface area (Å²) in [4.78, 5) is 12.5. The SMILES string of the molecule is CCCCCCCCCCCCCCCC(O)CC(=O)C(N)(O)CC(O)CCCCCCCCCCCCCCC. The van der Waals surface area contributed by atoms with E-state index < -0.39 is 23.7 Å². The Morgan fingerprint density at radius 3 is 1.10 bits per heavy atom. The van der Waals surface area contributed by atoms with Gasteiger partial charge in [0.1, 0.15) is 0 Å². The summed E-state index contributed by atoms with van der Waals surface area (Å²) in [5.74, 6) is -0.566. The molecule has 0 aliphatic carbocycles. The van der Waals surface area contributed by atoms with Crippen LogP contribution in [0.2, 0.25) is 0 Å². The van der Waals surface area contributed by atoms with Crippen LogP contribution < -0.4 is 5.73 Å². The van der Waals surface area contributed by atoms with Gasteiger partial charge < -0.3 is 15.3 Å². The molecule has 0 aromatic rings. The van der Waals surface area contributed by atoms with Crippen molar-refractivity contribution in [2.24, 2.45) is 5.73 Å². The quantitative estimate of drug-likeness (QED) is 0.0455. The van der Waals surface area contributed by atoms with Gasteiger partial charge in [-0.05, 0) is 12.8 Å². The van der Waals surface area contributed by atoms with Gasteiger partial charge in [0.05, 0.1) is 12.2 Å². The lowest BCUT2D eigenvalue weighted by Crippen LogP contribution is -2.51. The van der Waals surface area contributed by atoms with E-state index in [-0.39, 0.29) is 12.8 Å². The molecule has 246 valence electrons. The first kappa shape index (κ1) is 40.5. The number of aliphatic hydroxyl groups excluding tert-OH is 2. The Labute approximate surface area is 255 Å². The molecule has 0 spiro atoms. The number of aliphatic hydroxyl groups is 3. The van der Waals surface area contributed by atoms with Crippen LogP contribution in [-0.4, -0.2) is 39.0 Å². The first-order valence-electron chi connectivity index (χ1n) is 18.2. The minimum Gasteiger partial charge on any atom is -0.393 e. The Bertz CT molecular complexity index is 554. The summed E-state index contributed by atoms with van der Waals surface area (Å²) in [6.45, 7) is 4.52. The highest BCUT2D eigenvalue weighted by Crippen LogP contribution is 2.19. The zero-order valence-corrected chi connectivity index (χ0v) is 27.7. The van der Waals surface area contributed by atoms with Gasteiger partial charge in [0.2, 0.25) is 0 Å². The van der Waals surface area contributed by atoms with Gasteiger partial charge in [0.15, 0.2) is 11.5 Å². The molecule has 0 bridgehead atoms. The predicted octanol–water partition coefficient (Wildman–Crippen LogP) is 9.67. The zero-order valence-electron chi connectivity index (χ0n) is 27.7. The van der Waals surface area contributed by atoms with Gasteiger partial charge in [0.25, 0.3) is 0 Å². The smallest absolute Gasteiger partial charge is 0.181 e. The molecular weight excluding hydrogens is 510 g/mol. The molecule has 0 radical (unpaired) electrons. The first-order valence-corrected chi connectivity index (χ1v) is 18.2. The van der Waals surface area contributed by atoms with Crippen LogP contribution in [-0.2, 0) is 4.79 Å². The van der Waals surface area contributed by atoms with Crippen LogP contribution in [0.3, 0.4) is 0 Å². The van der Waals surface area contributed by atoms with E-state index in [9.17, 15) is 20.1 Å². The molecule has 0 fully saturated rings. The standard InChI is InChI=1S/C36H73NO4/c1-3-5-7-9-11-13-15-17-19-21-23-25-27-29-33(38)31-35(40)36(37,41)32-34(39)30-28-26-24-22-20-18-16-14-12-10-8-6-4-2/h33-34,38-39,41H,3-32,37H2,1-2H3. The van der Waals surface area contributed by atoms with Gasteiger partial charge >= 0.3 is 0 Å². The van der Waals surface area contributed by atoms with Gasteiger partial charge in [-0.15, -0.1) is 0 Å². The van der Waals surface area contributed by atoms with Gasteiger partial charge in [-0.2, -0.15) is 0 Å². The van der Waals surface area contributed by atoms with Gasteiger partial charge in [-0.1, -0.05) is 181 Å². The Morgan fingerprint density at radius 1 is 0.512 bits per heavy atom. The number of rotatable bonds is 33. The van der Waals surface area contributed by atoms with E-state index in [0.29, 0.717) is 12.8 Å². The Kier molecular flexibility index (Phi) is 29.2. The van der Waals surface area contributed by atoms with Crippen molar-refractivity contribution in [1.29, 1.82) is 0 Å². The lowest BCUT2D eigenvalue weighted by atomic mass is 9.93. The molecule has 5 nitrogen and oxygen atoms in total. The first-order chi connectivity index (χ1) is 19.8. The molecule has 0 aromatic carbocycles. The normalized spacial score (nSPS) is 14.7.